The van der Waals surface area contributed by atoms with Crippen LogP contribution in [0.3, 0.4) is 0 Å². The first-order chi connectivity index (χ1) is 13.6. The highest BCUT2D eigenvalue weighted by Crippen LogP contribution is 2.27. The molecule has 1 aromatic carbocycles. The summed E-state index contributed by atoms with van der Waals surface area (Å²) in [5.74, 6) is -0.520. The van der Waals surface area contributed by atoms with E-state index in [2.05, 4.69) is 15.5 Å². The van der Waals surface area contributed by atoms with Crippen molar-refractivity contribution < 1.29 is 19.1 Å². The van der Waals surface area contributed by atoms with Crippen molar-refractivity contribution in [1.82, 2.24) is 10.2 Å². The van der Waals surface area contributed by atoms with Crippen LogP contribution in [-0.2, 0) is 14.3 Å². The number of amides is 2. The van der Waals surface area contributed by atoms with Crippen molar-refractivity contribution >= 4 is 29.1 Å². The summed E-state index contributed by atoms with van der Waals surface area (Å²) in [6, 6.07) is 5.48. The number of benzene rings is 1. The Morgan fingerprint density at radius 2 is 1.89 bits per heavy atom. The van der Waals surface area contributed by atoms with E-state index >= 15 is 0 Å². The van der Waals surface area contributed by atoms with Gasteiger partial charge in [-0.3, -0.25) is 9.59 Å². The van der Waals surface area contributed by atoms with Gasteiger partial charge in [0.25, 0.3) is 0 Å². The summed E-state index contributed by atoms with van der Waals surface area (Å²) in [5, 5.41) is 5.77. The van der Waals surface area contributed by atoms with E-state index in [0.717, 1.165) is 52.0 Å². The second-order valence-corrected chi connectivity index (χ2v) is 7.77. The Labute approximate surface area is 170 Å². The summed E-state index contributed by atoms with van der Waals surface area (Å²) in [5.41, 5.74) is 0.375. The summed E-state index contributed by atoms with van der Waals surface area (Å²) in [4.78, 5) is 26.9. The second kappa shape index (κ2) is 10.1. The molecule has 2 amide bonds. The maximum absolute atomic E-state index is 12.2. The molecule has 2 saturated heterocycles. The standard InChI is InChI=1S/C20H28ClN3O4/c1-27-18-3-2-15(21)12-17(18)23-20(26)19(25)22-13-14-4-8-24(9-5-14)16-6-10-28-11-7-16/h2-3,12,14,16H,4-11,13H2,1H3,(H,22,25)(H,23,26). The molecule has 0 bridgehead atoms. The van der Waals surface area contributed by atoms with Crippen LogP contribution < -0.4 is 15.4 Å². The third-order valence-electron chi connectivity index (χ3n) is 5.52. The summed E-state index contributed by atoms with van der Waals surface area (Å²) in [6.45, 7) is 4.30. The first-order valence-corrected chi connectivity index (χ1v) is 10.2. The third-order valence-corrected chi connectivity index (χ3v) is 5.76. The van der Waals surface area contributed by atoms with Gasteiger partial charge in [0, 0.05) is 30.8 Å². The van der Waals surface area contributed by atoms with Crippen LogP contribution in [0, 0.1) is 5.92 Å². The van der Waals surface area contributed by atoms with E-state index in [4.69, 9.17) is 21.1 Å². The smallest absolute Gasteiger partial charge is 0.313 e. The van der Waals surface area contributed by atoms with E-state index in [1.165, 1.54) is 7.11 Å². The molecule has 0 aromatic heterocycles. The minimum atomic E-state index is -0.722. The van der Waals surface area contributed by atoms with Crippen LogP contribution in [0.1, 0.15) is 25.7 Å². The molecule has 0 radical (unpaired) electrons. The van der Waals surface area contributed by atoms with Crippen LogP contribution >= 0.6 is 11.6 Å². The zero-order valence-corrected chi connectivity index (χ0v) is 17.0. The van der Waals surface area contributed by atoms with Crippen LogP contribution in [0.5, 0.6) is 5.75 Å². The van der Waals surface area contributed by atoms with E-state index in [9.17, 15) is 9.59 Å². The summed E-state index contributed by atoms with van der Waals surface area (Å²) < 4.78 is 10.6. The molecule has 0 aliphatic carbocycles. The van der Waals surface area contributed by atoms with Crippen molar-refractivity contribution in [3.05, 3.63) is 23.2 Å². The van der Waals surface area contributed by atoms with Gasteiger partial charge in [-0.25, -0.2) is 0 Å². The molecule has 28 heavy (non-hydrogen) atoms. The number of carbonyl (C=O) groups excluding carboxylic acids is 2. The molecule has 0 unspecified atom stereocenters. The van der Waals surface area contributed by atoms with Crippen molar-refractivity contribution in [2.75, 3.05) is 45.3 Å². The second-order valence-electron chi connectivity index (χ2n) is 7.33. The first-order valence-electron chi connectivity index (χ1n) is 9.81. The van der Waals surface area contributed by atoms with Gasteiger partial charge in [0.05, 0.1) is 12.8 Å². The van der Waals surface area contributed by atoms with Gasteiger partial charge in [-0.1, -0.05) is 11.6 Å². The Balaban J connectivity index is 1.42. The summed E-state index contributed by atoms with van der Waals surface area (Å²) >= 11 is 5.95. The van der Waals surface area contributed by atoms with Crippen molar-refractivity contribution in [3.63, 3.8) is 0 Å². The van der Waals surface area contributed by atoms with Crippen LogP contribution in [0.25, 0.3) is 0 Å². The van der Waals surface area contributed by atoms with E-state index in [0.29, 0.717) is 35.0 Å². The zero-order valence-electron chi connectivity index (χ0n) is 16.2. The summed E-state index contributed by atoms with van der Waals surface area (Å²) in [7, 11) is 1.49. The van der Waals surface area contributed by atoms with Gasteiger partial charge in [-0.05, 0) is 62.9 Å². The number of likely N-dealkylation sites (tertiary alicyclic amines) is 1. The Hall–Kier alpha value is -1.83. The first kappa shape index (κ1) is 20.9. The van der Waals surface area contributed by atoms with Crippen LogP contribution in [0.4, 0.5) is 5.69 Å². The number of rotatable bonds is 5. The molecule has 0 spiro atoms. The van der Waals surface area contributed by atoms with E-state index in [-0.39, 0.29) is 0 Å². The number of hydrogen-bond donors (Lipinski definition) is 2. The molecule has 3 rings (SSSR count). The molecule has 0 saturated carbocycles. The van der Waals surface area contributed by atoms with E-state index < -0.39 is 11.8 Å². The molecule has 2 aliphatic rings. The quantitative estimate of drug-likeness (QED) is 0.729. The van der Waals surface area contributed by atoms with Gasteiger partial charge in [0.2, 0.25) is 0 Å². The van der Waals surface area contributed by atoms with Crippen LogP contribution in [0.2, 0.25) is 5.02 Å². The highest BCUT2D eigenvalue weighted by molar-refractivity contribution is 6.40. The number of carbonyl (C=O) groups is 2. The highest BCUT2D eigenvalue weighted by atomic mass is 35.5. The Kier molecular flexibility index (Phi) is 7.53. The van der Waals surface area contributed by atoms with Crippen molar-refractivity contribution in [2.45, 2.75) is 31.7 Å². The molecule has 154 valence electrons. The lowest BCUT2D eigenvalue weighted by atomic mass is 9.94. The third kappa shape index (κ3) is 5.59. The molecule has 8 heteroatoms. The Bertz CT molecular complexity index is 686. The molecular weight excluding hydrogens is 382 g/mol. The van der Waals surface area contributed by atoms with Crippen LogP contribution in [0.15, 0.2) is 18.2 Å². The highest BCUT2D eigenvalue weighted by Gasteiger charge is 2.27. The number of hydrogen-bond acceptors (Lipinski definition) is 5. The molecule has 7 nitrogen and oxygen atoms in total. The number of halogens is 1. The number of anilines is 1. The molecule has 1 aromatic rings. The van der Waals surface area contributed by atoms with Gasteiger partial charge in [0.1, 0.15) is 5.75 Å². The predicted octanol–water partition coefficient (Wildman–Crippen LogP) is 2.29. The maximum Gasteiger partial charge on any atom is 0.313 e. The molecule has 2 N–H and O–H groups in total. The minimum Gasteiger partial charge on any atom is -0.495 e. The monoisotopic (exact) mass is 409 g/mol. The number of methoxy groups -OCH3 is 1. The van der Waals surface area contributed by atoms with Gasteiger partial charge in [-0.15, -0.1) is 0 Å². The maximum atomic E-state index is 12.2. The lowest BCUT2D eigenvalue weighted by Gasteiger charge is -2.39. The van der Waals surface area contributed by atoms with E-state index in [1.54, 1.807) is 18.2 Å². The fourth-order valence-corrected chi connectivity index (χ4v) is 4.02. The summed E-state index contributed by atoms with van der Waals surface area (Å²) in [6.07, 6.45) is 4.27. The van der Waals surface area contributed by atoms with Gasteiger partial charge < -0.3 is 25.0 Å². The molecule has 2 aliphatic heterocycles. The Morgan fingerprint density at radius 1 is 1.18 bits per heavy atom. The number of nitrogens with zero attached hydrogens (tertiary/aromatic N) is 1. The zero-order chi connectivity index (χ0) is 19.9. The van der Waals surface area contributed by atoms with Crippen molar-refractivity contribution in [2.24, 2.45) is 5.92 Å². The van der Waals surface area contributed by atoms with Crippen LogP contribution in [-0.4, -0.2) is 62.7 Å². The van der Waals surface area contributed by atoms with Crippen molar-refractivity contribution in [3.8, 4) is 5.75 Å². The SMILES string of the molecule is COc1ccc(Cl)cc1NC(=O)C(=O)NCC1CCN(C2CCOCC2)CC1. The van der Waals surface area contributed by atoms with Gasteiger partial charge >= 0.3 is 11.8 Å². The minimum absolute atomic E-state index is 0.375. The Morgan fingerprint density at radius 3 is 2.57 bits per heavy atom. The number of piperidine rings is 1. The molecule has 0 atom stereocenters. The lowest BCUT2D eigenvalue weighted by Crippen LogP contribution is -2.46. The number of nitrogens with one attached hydrogen (secondary N) is 2. The average Bonchev–Trinajstić information content (AvgIpc) is 2.73. The van der Waals surface area contributed by atoms with Gasteiger partial charge in [0.15, 0.2) is 0 Å². The topological polar surface area (TPSA) is 79.9 Å². The predicted molar refractivity (Wildman–Crippen MR) is 108 cm³/mol. The van der Waals surface area contributed by atoms with Gasteiger partial charge in [-0.2, -0.15) is 0 Å². The fourth-order valence-electron chi connectivity index (χ4n) is 3.85. The molecule has 2 heterocycles. The fraction of sp³-hybridized carbons (Fsp3) is 0.600. The van der Waals surface area contributed by atoms with Crippen molar-refractivity contribution in [1.29, 1.82) is 0 Å². The van der Waals surface area contributed by atoms with E-state index in [1.807, 2.05) is 0 Å². The molecular formula is C20H28ClN3O4. The largest absolute Gasteiger partial charge is 0.495 e. The molecule has 2 fully saturated rings. The number of ether oxygens (including phenoxy) is 2. The average molecular weight is 410 g/mol. The normalized spacial score (nSPS) is 19.2. The lowest BCUT2D eigenvalue weighted by molar-refractivity contribution is -0.136.